The molecular weight excluding hydrogens is 288 g/mol. The molecule has 106 valence electrons. The molecule has 0 fully saturated rings. The fourth-order valence-corrected chi connectivity index (χ4v) is 2.68. The topological polar surface area (TPSA) is 156 Å². The van der Waals surface area contributed by atoms with E-state index >= 15 is 0 Å². The Kier molecular flexibility index (Phi) is 3.54. The molecule has 0 spiro atoms. The number of nitrogens with zero attached hydrogens (tertiary/aromatic N) is 2. The number of nitrogens with two attached hydrogens (primary N) is 1. The fraction of sp³-hybridized carbons (Fsp3) is 0. The average Bonchev–Trinajstić information content (AvgIpc) is 2.90. The van der Waals surface area contributed by atoms with Crippen molar-refractivity contribution < 1.29 is 13.3 Å². The standard InChI is InChI=1S/C9H10N6O4S/c10-13-6-1-2-9(8(3-6)15(16)17)20(18,19)14-7-4-11-12-5-7/h1-5,13-14H,10H2,(H,11,12). The first-order valence-corrected chi connectivity index (χ1v) is 6.69. The third-order valence-electron chi connectivity index (χ3n) is 2.36. The molecule has 0 aliphatic rings. The number of hydrazine groups is 1. The Labute approximate surface area is 113 Å². The van der Waals surface area contributed by atoms with Gasteiger partial charge in [0.15, 0.2) is 4.90 Å². The zero-order valence-electron chi connectivity index (χ0n) is 9.90. The Balaban J connectivity index is 2.48. The normalized spacial score (nSPS) is 11.1. The van der Waals surface area contributed by atoms with Crippen LogP contribution >= 0.6 is 0 Å². The monoisotopic (exact) mass is 298 g/mol. The van der Waals surface area contributed by atoms with Crippen LogP contribution < -0.4 is 16.0 Å². The predicted molar refractivity (Wildman–Crippen MR) is 70.3 cm³/mol. The lowest BCUT2D eigenvalue weighted by atomic mass is 10.3. The van der Waals surface area contributed by atoms with Crippen LogP contribution in [-0.4, -0.2) is 23.5 Å². The average molecular weight is 298 g/mol. The molecule has 0 saturated carbocycles. The van der Waals surface area contributed by atoms with Gasteiger partial charge in [0.2, 0.25) is 0 Å². The Bertz CT molecular complexity index is 727. The zero-order valence-corrected chi connectivity index (χ0v) is 10.7. The van der Waals surface area contributed by atoms with Gasteiger partial charge in [-0.2, -0.15) is 5.10 Å². The largest absolute Gasteiger partial charge is 0.324 e. The van der Waals surface area contributed by atoms with Crippen LogP contribution in [0.4, 0.5) is 17.1 Å². The number of nitro benzene ring substituents is 1. The third-order valence-corrected chi connectivity index (χ3v) is 3.79. The SMILES string of the molecule is NNc1ccc(S(=O)(=O)Nc2cn[nH]c2)c([N+](=O)[O-])c1. The summed E-state index contributed by atoms with van der Waals surface area (Å²) in [5.74, 6) is 5.14. The molecule has 20 heavy (non-hydrogen) atoms. The fourth-order valence-electron chi connectivity index (χ4n) is 1.49. The van der Waals surface area contributed by atoms with Gasteiger partial charge in [-0.15, -0.1) is 0 Å². The number of aromatic amines is 1. The first-order valence-electron chi connectivity index (χ1n) is 5.20. The molecule has 11 heteroatoms. The molecule has 1 heterocycles. The van der Waals surface area contributed by atoms with E-state index in [0.29, 0.717) is 0 Å². The molecule has 5 N–H and O–H groups in total. The molecule has 0 aliphatic carbocycles. The Hall–Kier alpha value is -2.66. The summed E-state index contributed by atoms with van der Waals surface area (Å²) in [6, 6.07) is 3.44. The van der Waals surface area contributed by atoms with Crippen LogP contribution in [0.25, 0.3) is 0 Å². The first kappa shape index (κ1) is 13.8. The van der Waals surface area contributed by atoms with Gasteiger partial charge in [-0.3, -0.25) is 25.8 Å². The molecule has 1 aromatic heterocycles. The molecule has 2 aromatic rings. The van der Waals surface area contributed by atoms with Crippen molar-refractivity contribution in [3.63, 3.8) is 0 Å². The van der Waals surface area contributed by atoms with Crippen molar-refractivity contribution in [2.24, 2.45) is 5.84 Å². The van der Waals surface area contributed by atoms with Crippen LogP contribution in [0, 0.1) is 10.1 Å². The number of anilines is 2. The second-order valence-corrected chi connectivity index (χ2v) is 5.33. The van der Waals surface area contributed by atoms with Gasteiger partial charge < -0.3 is 5.43 Å². The van der Waals surface area contributed by atoms with E-state index in [9.17, 15) is 18.5 Å². The van der Waals surface area contributed by atoms with Crippen LogP contribution in [0.1, 0.15) is 0 Å². The summed E-state index contributed by atoms with van der Waals surface area (Å²) in [6.45, 7) is 0. The Morgan fingerprint density at radius 1 is 1.35 bits per heavy atom. The number of H-pyrrole nitrogens is 1. The van der Waals surface area contributed by atoms with Crippen molar-refractivity contribution in [2.75, 3.05) is 10.1 Å². The van der Waals surface area contributed by atoms with E-state index in [1.54, 1.807) is 0 Å². The highest BCUT2D eigenvalue weighted by atomic mass is 32.2. The van der Waals surface area contributed by atoms with Gasteiger partial charge in [0, 0.05) is 12.3 Å². The first-order chi connectivity index (χ1) is 9.44. The minimum absolute atomic E-state index is 0.167. The molecule has 10 nitrogen and oxygen atoms in total. The number of hydrogen-bond acceptors (Lipinski definition) is 7. The smallest absolute Gasteiger partial charge is 0.291 e. The lowest BCUT2D eigenvalue weighted by molar-refractivity contribution is -0.387. The summed E-state index contributed by atoms with van der Waals surface area (Å²) >= 11 is 0. The summed E-state index contributed by atoms with van der Waals surface area (Å²) in [7, 11) is -4.10. The summed E-state index contributed by atoms with van der Waals surface area (Å²) < 4.78 is 26.4. The second kappa shape index (κ2) is 5.14. The van der Waals surface area contributed by atoms with Gasteiger partial charge in [-0.25, -0.2) is 8.42 Å². The summed E-state index contributed by atoms with van der Waals surface area (Å²) in [5, 5.41) is 17.0. The van der Waals surface area contributed by atoms with E-state index in [0.717, 1.165) is 12.1 Å². The quantitative estimate of drug-likeness (QED) is 0.353. The van der Waals surface area contributed by atoms with Gasteiger partial charge >= 0.3 is 0 Å². The molecule has 1 aromatic carbocycles. The van der Waals surface area contributed by atoms with Crippen molar-refractivity contribution in [1.29, 1.82) is 0 Å². The molecule has 0 radical (unpaired) electrons. The molecule has 0 saturated heterocycles. The van der Waals surface area contributed by atoms with Crippen molar-refractivity contribution >= 4 is 27.1 Å². The van der Waals surface area contributed by atoms with E-state index < -0.39 is 25.5 Å². The predicted octanol–water partition coefficient (Wildman–Crippen LogP) is 0.404. The van der Waals surface area contributed by atoms with Gasteiger partial charge in [0.1, 0.15) is 0 Å². The second-order valence-electron chi connectivity index (χ2n) is 3.68. The summed E-state index contributed by atoms with van der Waals surface area (Å²) in [4.78, 5) is 9.69. The molecule has 0 bridgehead atoms. The van der Waals surface area contributed by atoms with E-state index in [-0.39, 0.29) is 11.4 Å². The minimum atomic E-state index is -4.10. The highest BCUT2D eigenvalue weighted by Gasteiger charge is 2.26. The van der Waals surface area contributed by atoms with Crippen LogP contribution in [0.5, 0.6) is 0 Å². The number of nitrogen functional groups attached to an aromatic ring is 1. The van der Waals surface area contributed by atoms with E-state index in [4.69, 9.17) is 5.84 Å². The maximum Gasteiger partial charge on any atom is 0.291 e. The molecular formula is C9H10N6O4S. The van der Waals surface area contributed by atoms with E-state index in [1.807, 2.05) is 0 Å². The highest BCUT2D eigenvalue weighted by Crippen LogP contribution is 2.28. The van der Waals surface area contributed by atoms with Gasteiger partial charge in [0.05, 0.1) is 22.5 Å². The summed E-state index contributed by atoms with van der Waals surface area (Å²) in [6.07, 6.45) is 2.54. The van der Waals surface area contributed by atoms with Gasteiger partial charge in [-0.05, 0) is 12.1 Å². The molecule has 0 atom stereocenters. The number of benzene rings is 1. The van der Waals surface area contributed by atoms with Crippen LogP contribution in [0.2, 0.25) is 0 Å². The van der Waals surface area contributed by atoms with Crippen LogP contribution in [-0.2, 0) is 10.0 Å². The molecule has 0 amide bonds. The number of nitrogens with one attached hydrogen (secondary N) is 3. The Morgan fingerprint density at radius 2 is 2.10 bits per heavy atom. The lowest BCUT2D eigenvalue weighted by Gasteiger charge is -2.07. The number of nitro groups is 1. The van der Waals surface area contributed by atoms with Crippen LogP contribution in [0.3, 0.4) is 0 Å². The van der Waals surface area contributed by atoms with Crippen molar-refractivity contribution in [3.8, 4) is 0 Å². The van der Waals surface area contributed by atoms with Gasteiger partial charge in [-0.1, -0.05) is 0 Å². The molecule has 2 rings (SSSR count). The minimum Gasteiger partial charge on any atom is -0.324 e. The number of rotatable bonds is 5. The summed E-state index contributed by atoms with van der Waals surface area (Å²) in [5.41, 5.74) is 2.01. The lowest BCUT2D eigenvalue weighted by Crippen LogP contribution is -2.15. The number of sulfonamides is 1. The number of aromatic nitrogens is 2. The third kappa shape index (κ3) is 2.67. The van der Waals surface area contributed by atoms with Crippen molar-refractivity contribution in [1.82, 2.24) is 10.2 Å². The van der Waals surface area contributed by atoms with Crippen LogP contribution in [0.15, 0.2) is 35.5 Å². The van der Waals surface area contributed by atoms with Crippen molar-refractivity contribution in [2.45, 2.75) is 4.90 Å². The molecule has 0 unspecified atom stereocenters. The van der Waals surface area contributed by atoms with Crippen molar-refractivity contribution in [3.05, 3.63) is 40.7 Å². The van der Waals surface area contributed by atoms with Gasteiger partial charge in [0.25, 0.3) is 15.7 Å². The van der Waals surface area contributed by atoms with E-state index in [1.165, 1.54) is 18.5 Å². The Morgan fingerprint density at radius 3 is 2.65 bits per heavy atom. The molecule has 0 aliphatic heterocycles. The van der Waals surface area contributed by atoms with E-state index in [2.05, 4.69) is 20.3 Å². The maximum absolute atomic E-state index is 12.1. The number of hydrogen-bond donors (Lipinski definition) is 4. The zero-order chi connectivity index (χ0) is 14.8. The maximum atomic E-state index is 12.1. The highest BCUT2D eigenvalue weighted by molar-refractivity contribution is 7.92.